The number of anilines is 3. The van der Waals surface area contributed by atoms with E-state index in [-0.39, 0.29) is 18.4 Å². The van der Waals surface area contributed by atoms with E-state index >= 15 is 0 Å². The zero-order valence-corrected chi connectivity index (χ0v) is 15.8. The second kappa shape index (κ2) is 7.99. The lowest BCUT2D eigenvalue weighted by molar-refractivity contribution is -0.123. The number of amides is 3. The summed E-state index contributed by atoms with van der Waals surface area (Å²) < 4.78 is 11.1. The molecule has 3 rings (SSSR count). The molecule has 2 aromatic rings. The molecule has 3 amide bonds. The lowest BCUT2D eigenvalue weighted by Gasteiger charge is -2.33. The molecule has 0 saturated carbocycles. The number of fused-ring (bicyclic) bond motifs is 1. The molecule has 28 heavy (non-hydrogen) atoms. The fourth-order valence-corrected chi connectivity index (χ4v) is 2.97. The van der Waals surface area contributed by atoms with E-state index in [1.54, 1.807) is 42.5 Å². The summed E-state index contributed by atoms with van der Waals surface area (Å²) in [5.74, 6) is 0.0507. The van der Waals surface area contributed by atoms with Gasteiger partial charge in [0.15, 0.2) is 6.10 Å². The van der Waals surface area contributed by atoms with Gasteiger partial charge in [-0.1, -0.05) is 12.1 Å². The maximum absolute atomic E-state index is 12.8. The van der Waals surface area contributed by atoms with E-state index < -0.39 is 12.0 Å². The summed E-state index contributed by atoms with van der Waals surface area (Å²) in [6, 6.07) is 12.0. The minimum Gasteiger partial charge on any atom is -0.495 e. The van der Waals surface area contributed by atoms with Gasteiger partial charge in [0, 0.05) is 19.5 Å². The first-order valence-electron chi connectivity index (χ1n) is 8.69. The molecule has 1 heterocycles. The Balaban J connectivity index is 1.83. The van der Waals surface area contributed by atoms with Gasteiger partial charge in [-0.15, -0.1) is 0 Å². The number of rotatable bonds is 4. The number of hydrogen-bond donors (Lipinski definition) is 2. The maximum atomic E-state index is 12.8. The van der Waals surface area contributed by atoms with Crippen LogP contribution in [0.25, 0.3) is 0 Å². The number of para-hydroxylation sites is 2. The zero-order valence-electron chi connectivity index (χ0n) is 15.8. The average Bonchev–Trinajstić information content (AvgIpc) is 2.66. The monoisotopic (exact) mass is 383 g/mol. The molecule has 1 aliphatic rings. The predicted octanol–water partition coefficient (Wildman–Crippen LogP) is 2.41. The van der Waals surface area contributed by atoms with Crippen LogP contribution in [-0.4, -0.2) is 37.5 Å². The quantitative estimate of drug-likeness (QED) is 0.845. The van der Waals surface area contributed by atoms with Crippen molar-refractivity contribution in [2.45, 2.75) is 20.0 Å². The number of benzene rings is 2. The van der Waals surface area contributed by atoms with Crippen molar-refractivity contribution in [2.75, 3.05) is 29.2 Å². The van der Waals surface area contributed by atoms with Gasteiger partial charge in [0.25, 0.3) is 5.91 Å². The van der Waals surface area contributed by atoms with Crippen LogP contribution in [0.1, 0.15) is 13.8 Å². The first-order valence-corrected chi connectivity index (χ1v) is 8.69. The van der Waals surface area contributed by atoms with Crippen LogP contribution < -0.4 is 25.0 Å². The molecule has 0 radical (unpaired) electrons. The predicted molar refractivity (Wildman–Crippen MR) is 105 cm³/mol. The smallest absolute Gasteiger partial charge is 0.267 e. The van der Waals surface area contributed by atoms with Crippen LogP contribution in [0.5, 0.6) is 11.5 Å². The summed E-state index contributed by atoms with van der Waals surface area (Å²) in [5, 5.41) is 5.41. The normalized spacial score (nSPS) is 15.1. The standard InChI is InChI=1S/C20H21N3O5/c1-12(24)21-14-8-9-17(27-3)15(10-14)22-20(26)19-11-23(13(2)25)16-6-4-5-7-18(16)28-19/h4-10,19H,11H2,1-3H3,(H,21,24)(H,22,26)/t19-/m1/s1. The van der Waals surface area contributed by atoms with Crippen molar-refractivity contribution in [1.29, 1.82) is 0 Å². The molecule has 2 aromatic carbocycles. The van der Waals surface area contributed by atoms with Crippen LogP contribution >= 0.6 is 0 Å². The minimum absolute atomic E-state index is 0.0892. The van der Waals surface area contributed by atoms with E-state index in [2.05, 4.69) is 10.6 Å². The van der Waals surface area contributed by atoms with Crippen LogP contribution in [0.2, 0.25) is 0 Å². The molecule has 1 aliphatic heterocycles. The Hall–Kier alpha value is -3.55. The van der Waals surface area contributed by atoms with Gasteiger partial charge in [0.2, 0.25) is 11.8 Å². The van der Waals surface area contributed by atoms with E-state index in [0.29, 0.717) is 28.6 Å². The largest absolute Gasteiger partial charge is 0.495 e. The third kappa shape index (κ3) is 4.06. The third-order valence-electron chi connectivity index (χ3n) is 4.22. The molecular weight excluding hydrogens is 362 g/mol. The van der Waals surface area contributed by atoms with Crippen molar-refractivity contribution in [3.8, 4) is 11.5 Å². The van der Waals surface area contributed by atoms with Crippen molar-refractivity contribution in [3.63, 3.8) is 0 Å². The van der Waals surface area contributed by atoms with E-state index in [4.69, 9.17) is 9.47 Å². The fourth-order valence-electron chi connectivity index (χ4n) is 2.97. The molecular formula is C20H21N3O5. The highest BCUT2D eigenvalue weighted by Gasteiger charge is 2.32. The molecule has 146 valence electrons. The molecule has 0 unspecified atom stereocenters. The molecule has 8 heteroatoms. The van der Waals surface area contributed by atoms with Crippen molar-refractivity contribution < 1.29 is 23.9 Å². The lowest BCUT2D eigenvalue weighted by Crippen LogP contribution is -2.48. The maximum Gasteiger partial charge on any atom is 0.267 e. The number of hydrogen-bond acceptors (Lipinski definition) is 5. The minimum atomic E-state index is -0.895. The van der Waals surface area contributed by atoms with E-state index in [9.17, 15) is 14.4 Å². The second-order valence-corrected chi connectivity index (χ2v) is 6.29. The second-order valence-electron chi connectivity index (χ2n) is 6.29. The molecule has 0 aromatic heterocycles. The number of nitrogens with one attached hydrogen (secondary N) is 2. The Morgan fingerprint density at radius 3 is 2.54 bits per heavy atom. The van der Waals surface area contributed by atoms with Crippen LogP contribution in [0.4, 0.5) is 17.1 Å². The van der Waals surface area contributed by atoms with E-state index in [0.717, 1.165) is 0 Å². The van der Waals surface area contributed by atoms with Crippen LogP contribution in [-0.2, 0) is 14.4 Å². The van der Waals surface area contributed by atoms with Gasteiger partial charge in [-0.25, -0.2) is 0 Å². The molecule has 0 spiro atoms. The highest BCUT2D eigenvalue weighted by atomic mass is 16.5. The van der Waals surface area contributed by atoms with Crippen LogP contribution in [0.3, 0.4) is 0 Å². The first-order chi connectivity index (χ1) is 13.4. The van der Waals surface area contributed by atoms with E-state index in [1.807, 2.05) is 0 Å². The molecule has 0 aliphatic carbocycles. The average molecular weight is 383 g/mol. The van der Waals surface area contributed by atoms with Gasteiger partial charge in [-0.2, -0.15) is 0 Å². The number of carbonyl (C=O) groups is 3. The Morgan fingerprint density at radius 1 is 1.11 bits per heavy atom. The summed E-state index contributed by atoms with van der Waals surface area (Å²) in [4.78, 5) is 37.6. The van der Waals surface area contributed by atoms with Gasteiger partial charge < -0.3 is 25.0 Å². The summed E-state index contributed by atoms with van der Waals surface area (Å²) in [5.41, 5.74) is 1.53. The number of ether oxygens (including phenoxy) is 2. The summed E-state index contributed by atoms with van der Waals surface area (Å²) in [6.45, 7) is 2.93. The number of methoxy groups -OCH3 is 1. The summed E-state index contributed by atoms with van der Waals surface area (Å²) in [7, 11) is 1.48. The van der Waals surface area contributed by atoms with Gasteiger partial charge >= 0.3 is 0 Å². The fraction of sp³-hybridized carbons (Fsp3) is 0.250. The molecule has 1 atom stereocenters. The highest BCUT2D eigenvalue weighted by Crippen LogP contribution is 2.34. The highest BCUT2D eigenvalue weighted by molar-refractivity contribution is 6.00. The molecule has 8 nitrogen and oxygen atoms in total. The van der Waals surface area contributed by atoms with E-state index in [1.165, 1.54) is 25.9 Å². The number of carbonyl (C=O) groups excluding carboxylic acids is 3. The van der Waals surface area contributed by atoms with Crippen molar-refractivity contribution in [3.05, 3.63) is 42.5 Å². The Bertz CT molecular complexity index is 928. The van der Waals surface area contributed by atoms with Crippen molar-refractivity contribution in [2.24, 2.45) is 0 Å². The van der Waals surface area contributed by atoms with Crippen LogP contribution in [0.15, 0.2) is 42.5 Å². The molecule has 0 saturated heterocycles. The Labute approximate surface area is 162 Å². The Morgan fingerprint density at radius 2 is 1.86 bits per heavy atom. The van der Waals surface area contributed by atoms with Gasteiger partial charge in [0.05, 0.1) is 25.0 Å². The third-order valence-corrected chi connectivity index (χ3v) is 4.22. The van der Waals surface area contributed by atoms with Crippen LogP contribution in [0, 0.1) is 0 Å². The zero-order chi connectivity index (χ0) is 20.3. The number of nitrogens with zero attached hydrogens (tertiary/aromatic N) is 1. The van der Waals surface area contributed by atoms with Gasteiger partial charge in [0.1, 0.15) is 11.5 Å². The first kappa shape index (κ1) is 19.2. The summed E-state index contributed by atoms with van der Waals surface area (Å²) >= 11 is 0. The SMILES string of the molecule is COc1ccc(NC(C)=O)cc1NC(=O)[C@H]1CN(C(C)=O)c2ccccc2O1. The topological polar surface area (TPSA) is 97.0 Å². The van der Waals surface area contributed by atoms with Gasteiger partial charge in [-0.3, -0.25) is 14.4 Å². The molecule has 0 fully saturated rings. The summed E-state index contributed by atoms with van der Waals surface area (Å²) in [6.07, 6.45) is -0.895. The molecule has 2 N–H and O–H groups in total. The van der Waals surface area contributed by atoms with Gasteiger partial charge in [-0.05, 0) is 30.3 Å². The lowest BCUT2D eigenvalue weighted by atomic mass is 10.1. The molecule has 0 bridgehead atoms. The Kier molecular flexibility index (Phi) is 5.49. The van der Waals surface area contributed by atoms with Crippen molar-refractivity contribution >= 4 is 34.8 Å². The van der Waals surface area contributed by atoms with Crippen molar-refractivity contribution in [1.82, 2.24) is 0 Å².